The summed E-state index contributed by atoms with van der Waals surface area (Å²) >= 11 is 1.59. The summed E-state index contributed by atoms with van der Waals surface area (Å²) in [4.78, 5) is 32.6. The van der Waals surface area contributed by atoms with Gasteiger partial charge in [-0.1, -0.05) is 24.3 Å². The molecule has 1 atom stereocenters. The number of hydrogen-bond acceptors (Lipinski definition) is 8. The molecule has 3 aromatic rings. The number of carbonyl (C=O) groups excluding carboxylic acids is 2. The predicted octanol–water partition coefficient (Wildman–Crippen LogP) is 3.92. The molecule has 1 fully saturated rings. The molecule has 0 N–H and O–H groups in total. The monoisotopic (exact) mass is 562 g/mol. The first-order valence-corrected chi connectivity index (χ1v) is 14.2. The average Bonchev–Trinajstić information content (AvgIpc) is 3.70. The molecule has 0 radical (unpaired) electrons. The van der Waals surface area contributed by atoms with Gasteiger partial charge in [0.2, 0.25) is 0 Å². The Labute approximate surface area is 238 Å². The van der Waals surface area contributed by atoms with Crippen LogP contribution in [0.25, 0.3) is 0 Å². The van der Waals surface area contributed by atoms with Gasteiger partial charge in [0.05, 0.1) is 44.1 Å². The number of benzene rings is 2. The molecule has 2 aliphatic heterocycles. The van der Waals surface area contributed by atoms with Crippen molar-refractivity contribution in [3.05, 3.63) is 82.0 Å². The molecule has 2 amide bonds. The SMILES string of the molecule is COc1ccc(C(=O)N(CCN2CCOCC2)CC(=O)N2N=C(c3cccs3)C[C@H]2c2ccccc2OC)cc1. The van der Waals surface area contributed by atoms with Crippen molar-refractivity contribution < 1.29 is 23.8 Å². The van der Waals surface area contributed by atoms with E-state index < -0.39 is 0 Å². The lowest BCUT2D eigenvalue weighted by molar-refractivity contribution is -0.133. The zero-order chi connectivity index (χ0) is 27.9. The van der Waals surface area contributed by atoms with E-state index in [0.717, 1.165) is 29.2 Å². The smallest absolute Gasteiger partial charge is 0.262 e. The van der Waals surface area contributed by atoms with Crippen LogP contribution in [0.5, 0.6) is 11.5 Å². The van der Waals surface area contributed by atoms with Crippen LogP contribution < -0.4 is 9.47 Å². The summed E-state index contributed by atoms with van der Waals surface area (Å²) in [6.07, 6.45) is 0.562. The molecule has 1 saturated heterocycles. The van der Waals surface area contributed by atoms with Crippen LogP contribution in [0.1, 0.15) is 33.3 Å². The molecule has 10 heteroatoms. The van der Waals surface area contributed by atoms with Crippen LogP contribution >= 0.6 is 11.3 Å². The minimum absolute atomic E-state index is 0.0952. The molecule has 0 spiro atoms. The van der Waals surface area contributed by atoms with Crippen molar-refractivity contribution in [2.24, 2.45) is 5.10 Å². The molecule has 9 nitrogen and oxygen atoms in total. The molecule has 0 bridgehead atoms. The average molecular weight is 563 g/mol. The minimum Gasteiger partial charge on any atom is -0.497 e. The number of ether oxygens (including phenoxy) is 3. The lowest BCUT2D eigenvalue weighted by Crippen LogP contribution is -2.46. The van der Waals surface area contributed by atoms with E-state index in [9.17, 15) is 9.59 Å². The topological polar surface area (TPSA) is 83.9 Å². The van der Waals surface area contributed by atoms with Crippen molar-refractivity contribution in [1.29, 1.82) is 0 Å². The van der Waals surface area contributed by atoms with Gasteiger partial charge in [-0.2, -0.15) is 5.10 Å². The van der Waals surface area contributed by atoms with Crippen LogP contribution in [-0.2, 0) is 9.53 Å². The second-order valence-electron chi connectivity index (χ2n) is 9.63. The molecular formula is C30H34N4O5S. The largest absolute Gasteiger partial charge is 0.497 e. The van der Waals surface area contributed by atoms with E-state index in [4.69, 9.17) is 19.3 Å². The summed E-state index contributed by atoms with van der Waals surface area (Å²) in [5, 5.41) is 8.33. The number of hydrogen-bond donors (Lipinski definition) is 0. The van der Waals surface area contributed by atoms with Gasteiger partial charge in [0.25, 0.3) is 11.8 Å². The molecule has 5 rings (SSSR count). The van der Waals surface area contributed by atoms with Crippen LogP contribution in [0.4, 0.5) is 0 Å². The van der Waals surface area contributed by atoms with Crippen LogP contribution in [0.2, 0.25) is 0 Å². The Hall–Kier alpha value is -3.73. The van der Waals surface area contributed by atoms with Crippen LogP contribution in [0.3, 0.4) is 0 Å². The molecule has 3 heterocycles. The summed E-state index contributed by atoms with van der Waals surface area (Å²) in [7, 11) is 3.21. The van der Waals surface area contributed by atoms with Gasteiger partial charge in [-0.15, -0.1) is 11.3 Å². The number of amides is 2. The van der Waals surface area contributed by atoms with Crippen LogP contribution in [0.15, 0.2) is 71.1 Å². The Balaban J connectivity index is 1.41. The molecule has 40 heavy (non-hydrogen) atoms. The predicted molar refractivity (Wildman–Crippen MR) is 154 cm³/mol. The number of morpholine rings is 1. The van der Waals surface area contributed by atoms with Crippen molar-refractivity contribution >= 4 is 28.9 Å². The Morgan fingerprint density at radius 2 is 1.80 bits per heavy atom. The maximum absolute atomic E-state index is 14.0. The maximum atomic E-state index is 14.0. The molecule has 0 unspecified atom stereocenters. The van der Waals surface area contributed by atoms with Crippen LogP contribution in [-0.4, -0.2) is 92.5 Å². The van der Waals surface area contributed by atoms with Gasteiger partial charge in [0.1, 0.15) is 18.0 Å². The second-order valence-corrected chi connectivity index (χ2v) is 10.6. The third-order valence-corrected chi connectivity index (χ3v) is 8.13. The normalized spacial score (nSPS) is 17.4. The summed E-state index contributed by atoms with van der Waals surface area (Å²) in [5.74, 6) is 0.914. The van der Waals surface area contributed by atoms with E-state index in [0.29, 0.717) is 49.8 Å². The van der Waals surface area contributed by atoms with E-state index >= 15 is 0 Å². The number of carbonyl (C=O) groups is 2. The Bertz CT molecular complexity index is 1320. The number of nitrogens with zero attached hydrogens (tertiary/aromatic N) is 4. The van der Waals surface area contributed by atoms with Crippen molar-refractivity contribution in [3.8, 4) is 11.5 Å². The quantitative estimate of drug-likeness (QED) is 0.373. The van der Waals surface area contributed by atoms with Gasteiger partial charge < -0.3 is 19.1 Å². The molecule has 0 aliphatic carbocycles. The van der Waals surface area contributed by atoms with E-state index in [1.807, 2.05) is 41.8 Å². The highest BCUT2D eigenvalue weighted by Crippen LogP contribution is 2.38. The molecule has 1 aromatic heterocycles. The van der Waals surface area contributed by atoms with E-state index in [1.165, 1.54) is 5.01 Å². The summed E-state index contributed by atoms with van der Waals surface area (Å²) in [5.41, 5.74) is 2.23. The Morgan fingerprint density at radius 1 is 1.02 bits per heavy atom. The fraction of sp³-hybridized carbons (Fsp3) is 0.367. The van der Waals surface area contributed by atoms with Crippen molar-refractivity contribution in [1.82, 2.24) is 14.8 Å². The summed E-state index contributed by atoms with van der Waals surface area (Å²) in [6.45, 7) is 3.90. The fourth-order valence-electron chi connectivity index (χ4n) is 5.01. The highest BCUT2D eigenvalue weighted by atomic mass is 32.1. The molecule has 210 valence electrons. The molecule has 2 aliphatic rings. The van der Waals surface area contributed by atoms with Gasteiger partial charge >= 0.3 is 0 Å². The lowest BCUT2D eigenvalue weighted by Gasteiger charge is -2.31. The van der Waals surface area contributed by atoms with Gasteiger partial charge in [0.15, 0.2) is 0 Å². The maximum Gasteiger partial charge on any atom is 0.262 e. The minimum atomic E-state index is -0.335. The molecule has 0 saturated carbocycles. The number of methoxy groups -OCH3 is 2. The molecule has 2 aromatic carbocycles. The number of hydrazone groups is 1. The Morgan fingerprint density at radius 3 is 2.50 bits per heavy atom. The van der Waals surface area contributed by atoms with Gasteiger partial charge in [-0.05, 0) is 41.8 Å². The van der Waals surface area contributed by atoms with Crippen molar-refractivity contribution in [2.75, 3.05) is 60.2 Å². The summed E-state index contributed by atoms with van der Waals surface area (Å²) < 4.78 is 16.4. The first-order valence-electron chi connectivity index (χ1n) is 13.4. The van der Waals surface area contributed by atoms with Crippen molar-refractivity contribution in [2.45, 2.75) is 12.5 Å². The Kier molecular flexibility index (Phi) is 9.10. The number of rotatable bonds is 10. The number of para-hydroxylation sites is 1. The first-order chi connectivity index (χ1) is 19.6. The fourth-order valence-corrected chi connectivity index (χ4v) is 5.73. The third kappa shape index (κ3) is 6.35. The van der Waals surface area contributed by atoms with Crippen molar-refractivity contribution in [3.63, 3.8) is 0 Å². The van der Waals surface area contributed by atoms with Gasteiger partial charge in [0, 0.05) is 43.7 Å². The third-order valence-electron chi connectivity index (χ3n) is 7.21. The highest BCUT2D eigenvalue weighted by molar-refractivity contribution is 7.12. The van der Waals surface area contributed by atoms with Gasteiger partial charge in [-0.25, -0.2) is 5.01 Å². The van der Waals surface area contributed by atoms with E-state index in [-0.39, 0.29) is 24.4 Å². The number of thiophene rings is 1. The zero-order valence-corrected chi connectivity index (χ0v) is 23.6. The zero-order valence-electron chi connectivity index (χ0n) is 22.8. The molecular weight excluding hydrogens is 528 g/mol. The first kappa shape index (κ1) is 27.8. The lowest BCUT2D eigenvalue weighted by atomic mass is 10.00. The van der Waals surface area contributed by atoms with E-state index in [2.05, 4.69) is 4.90 Å². The second kappa shape index (κ2) is 13.1. The standard InChI is InChI=1S/C30H34N4O5S/c1-37-23-11-9-22(10-12-23)30(36)33(14-13-32-15-17-39-18-16-32)21-29(35)34-26(24-6-3-4-7-27(24)38-2)20-25(31-34)28-8-5-19-40-28/h3-12,19,26H,13-18,20-21H2,1-2H3/t26-/m0/s1. The summed E-state index contributed by atoms with van der Waals surface area (Å²) in [6, 6.07) is 18.3. The highest BCUT2D eigenvalue weighted by Gasteiger charge is 2.36. The van der Waals surface area contributed by atoms with Crippen LogP contribution in [0, 0.1) is 0 Å². The van der Waals surface area contributed by atoms with E-state index in [1.54, 1.807) is 54.7 Å². The van der Waals surface area contributed by atoms with Gasteiger partial charge in [-0.3, -0.25) is 14.5 Å².